The van der Waals surface area contributed by atoms with Gasteiger partial charge in [0.1, 0.15) is 0 Å². The lowest BCUT2D eigenvalue weighted by molar-refractivity contribution is -0.134. The number of amides is 1. The zero-order chi connectivity index (χ0) is 14.7. The molecule has 2 rings (SSSR count). The summed E-state index contributed by atoms with van der Waals surface area (Å²) < 4.78 is 1.90. The van der Waals surface area contributed by atoms with Gasteiger partial charge in [0, 0.05) is 38.3 Å². The Morgan fingerprint density at radius 2 is 2.10 bits per heavy atom. The lowest BCUT2D eigenvalue weighted by Crippen LogP contribution is -2.38. The van der Waals surface area contributed by atoms with E-state index < -0.39 is 0 Å². The molecule has 1 amide bonds. The molecule has 1 aliphatic rings. The average Bonchev–Trinajstić information content (AvgIpc) is 2.67. The quantitative estimate of drug-likeness (QED) is 0.899. The normalized spacial score (nSPS) is 17.9. The number of rotatable bonds is 3. The molecule has 0 aliphatic carbocycles. The molecule has 1 aromatic rings. The molecule has 1 unspecified atom stereocenters. The second-order valence-corrected chi connectivity index (χ2v) is 5.81. The van der Waals surface area contributed by atoms with E-state index in [-0.39, 0.29) is 11.8 Å². The first kappa shape index (κ1) is 15.0. The molecule has 5 heteroatoms. The molecule has 0 saturated carbocycles. The van der Waals surface area contributed by atoms with Gasteiger partial charge in [-0.3, -0.25) is 9.48 Å². The van der Waals surface area contributed by atoms with E-state index in [1.54, 1.807) is 0 Å². The first-order valence-electron chi connectivity index (χ1n) is 7.49. The molecular weight excluding hydrogens is 252 g/mol. The van der Waals surface area contributed by atoms with Crippen molar-refractivity contribution >= 4 is 5.91 Å². The second-order valence-electron chi connectivity index (χ2n) is 5.81. The second kappa shape index (κ2) is 6.39. The topological polar surface area (TPSA) is 50.2 Å². The molecule has 0 spiro atoms. The van der Waals surface area contributed by atoms with Gasteiger partial charge in [-0.25, -0.2) is 0 Å². The van der Waals surface area contributed by atoms with Crippen LogP contribution in [-0.4, -0.2) is 46.8 Å². The van der Waals surface area contributed by atoms with Crippen molar-refractivity contribution in [2.45, 2.75) is 33.6 Å². The van der Waals surface area contributed by atoms with E-state index in [0.29, 0.717) is 0 Å². The number of aromatic nitrogens is 2. The van der Waals surface area contributed by atoms with Gasteiger partial charge in [-0.1, -0.05) is 6.92 Å². The Hall–Kier alpha value is -1.36. The van der Waals surface area contributed by atoms with Crippen molar-refractivity contribution in [3.8, 4) is 0 Å². The van der Waals surface area contributed by atoms with Crippen LogP contribution in [0.3, 0.4) is 0 Å². The van der Waals surface area contributed by atoms with Crippen LogP contribution in [0.1, 0.15) is 30.3 Å². The zero-order valence-electron chi connectivity index (χ0n) is 13.1. The van der Waals surface area contributed by atoms with Crippen LogP contribution in [0.2, 0.25) is 0 Å². The van der Waals surface area contributed by atoms with E-state index in [2.05, 4.69) is 17.3 Å². The SMILES string of the molecule is Cc1nn(C)c(C)c1CC(C)C(=O)N1CCCNCC1. The number of hydrogen-bond acceptors (Lipinski definition) is 3. The Morgan fingerprint density at radius 1 is 1.35 bits per heavy atom. The Bertz CT molecular complexity index is 472. The van der Waals surface area contributed by atoms with Crippen molar-refractivity contribution in [1.29, 1.82) is 0 Å². The average molecular weight is 278 g/mol. The molecule has 1 fully saturated rings. The van der Waals surface area contributed by atoms with Gasteiger partial charge >= 0.3 is 0 Å². The standard InChI is InChI=1S/C15H26N4O/c1-11(10-14-12(2)17-18(4)13(14)3)15(20)19-8-5-6-16-7-9-19/h11,16H,5-10H2,1-4H3. The Kier molecular flexibility index (Phi) is 4.81. The fraction of sp³-hybridized carbons (Fsp3) is 0.733. The van der Waals surface area contributed by atoms with Gasteiger partial charge in [-0.2, -0.15) is 5.10 Å². The first-order valence-corrected chi connectivity index (χ1v) is 7.49. The molecule has 1 aliphatic heterocycles. The Balaban J connectivity index is 2.03. The summed E-state index contributed by atoms with van der Waals surface area (Å²) in [6.07, 6.45) is 1.83. The fourth-order valence-electron chi connectivity index (χ4n) is 2.88. The van der Waals surface area contributed by atoms with Crippen LogP contribution in [-0.2, 0) is 18.3 Å². The van der Waals surface area contributed by atoms with Gasteiger partial charge in [0.2, 0.25) is 5.91 Å². The molecule has 112 valence electrons. The molecule has 20 heavy (non-hydrogen) atoms. The van der Waals surface area contributed by atoms with Crippen LogP contribution in [0.4, 0.5) is 0 Å². The summed E-state index contributed by atoms with van der Waals surface area (Å²) in [6, 6.07) is 0. The maximum atomic E-state index is 12.6. The summed E-state index contributed by atoms with van der Waals surface area (Å²) in [5, 5.41) is 7.77. The first-order chi connectivity index (χ1) is 9.50. The van der Waals surface area contributed by atoms with Crippen molar-refractivity contribution in [2.75, 3.05) is 26.2 Å². The summed E-state index contributed by atoms with van der Waals surface area (Å²) >= 11 is 0. The summed E-state index contributed by atoms with van der Waals surface area (Å²) in [4.78, 5) is 14.6. The minimum atomic E-state index is 0.0229. The highest BCUT2D eigenvalue weighted by Gasteiger charge is 2.23. The van der Waals surface area contributed by atoms with Gasteiger partial charge in [0.15, 0.2) is 0 Å². The summed E-state index contributed by atoms with van der Waals surface area (Å²) in [5.74, 6) is 0.297. The van der Waals surface area contributed by atoms with Crippen LogP contribution < -0.4 is 5.32 Å². The molecule has 1 atom stereocenters. The molecule has 0 bridgehead atoms. The lowest BCUT2D eigenvalue weighted by atomic mass is 9.98. The highest BCUT2D eigenvalue weighted by molar-refractivity contribution is 5.79. The smallest absolute Gasteiger partial charge is 0.225 e. The summed E-state index contributed by atoms with van der Waals surface area (Å²) in [7, 11) is 1.96. The third kappa shape index (κ3) is 3.20. The van der Waals surface area contributed by atoms with Gasteiger partial charge in [0.25, 0.3) is 0 Å². The van der Waals surface area contributed by atoms with Crippen molar-refractivity contribution in [3.05, 3.63) is 17.0 Å². The highest BCUT2D eigenvalue weighted by atomic mass is 16.2. The van der Waals surface area contributed by atoms with Crippen LogP contribution >= 0.6 is 0 Å². The third-order valence-electron chi connectivity index (χ3n) is 4.24. The van der Waals surface area contributed by atoms with Crippen LogP contribution in [0.25, 0.3) is 0 Å². The van der Waals surface area contributed by atoms with E-state index in [0.717, 1.165) is 44.7 Å². The van der Waals surface area contributed by atoms with Crippen LogP contribution in [0, 0.1) is 19.8 Å². The number of hydrogen-bond donors (Lipinski definition) is 1. The minimum absolute atomic E-state index is 0.0229. The van der Waals surface area contributed by atoms with Crippen LogP contribution in [0.5, 0.6) is 0 Å². The predicted molar refractivity (Wildman–Crippen MR) is 79.6 cm³/mol. The third-order valence-corrected chi connectivity index (χ3v) is 4.24. The molecule has 0 aromatic carbocycles. The predicted octanol–water partition coefficient (Wildman–Crippen LogP) is 1.04. The molecule has 0 radical (unpaired) electrons. The zero-order valence-corrected chi connectivity index (χ0v) is 13.1. The van der Waals surface area contributed by atoms with E-state index in [1.165, 1.54) is 11.3 Å². The number of aryl methyl sites for hydroxylation is 2. The summed E-state index contributed by atoms with van der Waals surface area (Å²) in [5.41, 5.74) is 3.43. The maximum absolute atomic E-state index is 12.6. The van der Waals surface area contributed by atoms with E-state index in [4.69, 9.17) is 0 Å². The summed E-state index contributed by atoms with van der Waals surface area (Å²) in [6.45, 7) is 9.75. The fourth-order valence-corrected chi connectivity index (χ4v) is 2.88. The Labute approximate surface area is 121 Å². The monoisotopic (exact) mass is 278 g/mol. The van der Waals surface area contributed by atoms with Crippen molar-refractivity contribution in [3.63, 3.8) is 0 Å². The number of carbonyl (C=O) groups is 1. The molecule has 1 saturated heterocycles. The maximum Gasteiger partial charge on any atom is 0.225 e. The van der Waals surface area contributed by atoms with E-state index >= 15 is 0 Å². The highest BCUT2D eigenvalue weighted by Crippen LogP contribution is 2.18. The van der Waals surface area contributed by atoms with E-state index in [9.17, 15) is 4.79 Å². The largest absolute Gasteiger partial charge is 0.341 e. The molecule has 5 nitrogen and oxygen atoms in total. The van der Waals surface area contributed by atoms with Gasteiger partial charge in [0.05, 0.1) is 5.69 Å². The minimum Gasteiger partial charge on any atom is -0.341 e. The van der Waals surface area contributed by atoms with Gasteiger partial charge in [-0.15, -0.1) is 0 Å². The number of carbonyl (C=O) groups excluding carboxylic acids is 1. The molecular formula is C15H26N4O. The number of nitrogens with one attached hydrogen (secondary N) is 1. The number of nitrogens with zero attached hydrogens (tertiary/aromatic N) is 3. The van der Waals surface area contributed by atoms with Crippen molar-refractivity contribution in [1.82, 2.24) is 20.0 Å². The van der Waals surface area contributed by atoms with Crippen molar-refractivity contribution < 1.29 is 4.79 Å². The Morgan fingerprint density at radius 3 is 2.75 bits per heavy atom. The molecule has 2 heterocycles. The van der Waals surface area contributed by atoms with Gasteiger partial charge < -0.3 is 10.2 Å². The van der Waals surface area contributed by atoms with E-state index in [1.807, 2.05) is 30.5 Å². The van der Waals surface area contributed by atoms with Crippen LogP contribution in [0.15, 0.2) is 0 Å². The van der Waals surface area contributed by atoms with Crippen molar-refractivity contribution in [2.24, 2.45) is 13.0 Å². The molecule has 1 aromatic heterocycles. The molecule has 1 N–H and O–H groups in total. The van der Waals surface area contributed by atoms with Gasteiger partial charge in [-0.05, 0) is 38.8 Å². The lowest BCUT2D eigenvalue weighted by Gasteiger charge is -2.24.